The molecule has 102 valence electrons. The lowest BCUT2D eigenvalue weighted by Crippen LogP contribution is -2.53. The third-order valence-electron chi connectivity index (χ3n) is 4.80. The van der Waals surface area contributed by atoms with E-state index in [0.717, 1.165) is 12.5 Å². The molecule has 0 aromatic rings. The summed E-state index contributed by atoms with van der Waals surface area (Å²) in [5.74, 6) is 0.971. The van der Waals surface area contributed by atoms with E-state index in [0.29, 0.717) is 25.2 Å². The van der Waals surface area contributed by atoms with Crippen molar-refractivity contribution in [2.75, 3.05) is 19.7 Å². The van der Waals surface area contributed by atoms with Gasteiger partial charge in [-0.15, -0.1) is 0 Å². The topological polar surface area (TPSA) is 41.6 Å². The highest BCUT2D eigenvalue weighted by atomic mass is 16.5. The number of carbonyl (C=O) groups is 1. The molecule has 0 radical (unpaired) electrons. The minimum absolute atomic E-state index is 0.226. The van der Waals surface area contributed by atoms with Crippen molar-refractivity contribution >= 4 is 5.91 Å². The number of rotatable bonds is 1. The molecule has 18 heavy (non-hydrogen) atoms. The first-order chi connectivity index (χ1) is 8.77. The van der Waals surface area contributed by atoms with Crippen molar-refractivity contribution < 1.29 is 9.53 Å². The van der Waals surface area contributed by atoms with Gasteiger partial charge in [0.05, 0.1) is 6.61 Å². The SMILES string of the molecule is CC1CC2CCCCC2N1C(=O)C1CNCCO1. The largest absolute Gasteiger partial charge is 0.366 e. The summed E-state index contributed by atoms with van der Waals surface area (Å²) in [6.45, 7) is 4.41. The lowest BCUT2D eigenvalue weighted by Gasteiger charge is -2.36. The van der Waals surface area contributed by atoms with Gasteiger partial charge in [-0.25, -0.2) is 0 Å². The fourth-order valence-electron chi connectivity index (χ4n) is 3.98. The van der Waals surface area contributed by atoms with Gasteiger partial charge in [-0.1, -0.05) is 12.8 Å². The number of likely N-dealkylation sites (tertiary alicyclic amines) is 1. The Bertz CT molecular complexity index is 315. The van der Waals surface area contributed by atoms with Crippen molar-refractivity contribution in [3.63, 3.8) is 0 Å². The van der Waals surface area contributed by atoms with Crippen molar-refractivity contribution in [1.82, 2.24) is 10.2 Å². The molecule has 2 saturated heterocycles. The van der Waals surface area contributed by atoms with Gasteiger partial charge >= 0.3 is 0 Å². The van der Waals surface area contributed by atoms with Crippen LogP contribution in [0.4, 0.5) is 0 Å². The first kappa shape index (κ1) is 12.4. The Morgan fingerprint density at radius 2 is 2.17 bits per heavy atom. The second-order valence-electron chi connectivity index (χ2n) is 6.01. The minimum Gasteiger partial charge on any atom is -0.366 e. The van der Waals surface area contributed by atoms with Crippen LogP contribution in [0.25, 0.3) is 0 Å². The number of hydrogen-bond acceptors (Lipinski definition) is 3. The predicted octanol–water partition coefficient (Wildman–Crippen LogP) is 1.15. The number of carbonyl (C=O) groups excluding carboxylic acids is 1. The molecule has 0 spiro atoms. The van der Waals surface area contributed by atoms with E-state index in [1.165, 1.54) is 32.1 Å². The maximum Gasteiger partial charge on any atom is 0.253 e. The number of ether oxygens (including phenoxy) is 1. The summed E-state index contributed by atoms with van der Waals surface area (Å²) in [7, 11) is 0. The first-order valence-corrected chi connectivity index (χ1v) is 7.42. The van der Waals surface area contributed by atoms with Crippen LogP contribution >= 0.6 is 0 Å². The van der Waals surface area contributed by atoms with Crippen LogP contribution in [0.5, 0.6) is 0 Å². The highest BCUT2D eigenvalue weighted by molar-refractivity contribution is 5.82. The molecule has 1 amide bonds. The number of amides is 1. The number of hydrogen-bond donors (Lipinski definition) is 1. The van der Waals surface area contributed by atoms with E-state index in [1.807, 2.05) is 0 Å². The average molecular weight is 252 g/mol. The van der Waals surface area contributed by atoms with Gasteiger partial charge in [-0.3, -0.25) is 4.79 Å². The minimum atomic E-state index is -0.248. The lowest BCUT2D eigenvalue weighted by atomic mass is 9.85. The number of nitrogens with zero attached hydrogens (tertiary/aromatic N) is 1. The molecule has 0 aromatic carbocycles. The average Bonchev–Trinajstić information content (AvgIpc) is 2.75. The Kier molecular flexibility index (Phi) is 3.57. The van der Waals surface area contributed by atoms with Crippen LogP contribution in [0.3, 0.4) is 0 Å². The number of fused-ring (bicyclic) bond motifs is 1. The van der Waals surface area contributed by atoms with Crippen molar-refractivity contribution in [2.24, 2.45) is 5.92 Å². The van der Waals surface area contributed by atoms with Gasteiger partial charge in [0.25, 0.3) is 5.91 Å². The molecule has 1 saturated carbocycles. The van der Waals surface area contributed by atoms with Crippen molar-refractivity contribution in [3.05, 3.63) is 0 Å². The van der Waals surface area contributed by atoms with Crippen molar-refractivity contribution in [1.29, 1.82) is 0 Å². The van der Waals surface area contributed by atoms with Crippen molar-refractivity contribution in [2.45, 2.75) is 57.2 Å². The predicted molar refractivity (Wildman–Crippen MR) is 69.3 cm³/mol. The van der Waals surface area contributed by atoms with Crippen LogP contribution in [-0.4, -0.2) is 48.7 Å². The molecule has 1 N–H and O–H groups in total. The maximum absolute atomic E-state index is 12.6. The quantitative estimate of drug-likeness (QED) is 0.761. The molecule has 0 aromatic heterocycles. The summed E-state index contributed by atoms with van der Waals surface area (Å²) in [4.78, 5) is 14.8. The third-order valence-corrected chi connectivity index (χ3v) is 4.80. The molecule has 4 unspecified atom stereocenters. The Balaban J connectivity index is 1.71. The van der Waals surface area contributed by atoms with Crippen LogP contribution in [0.2, 0.25) is 0 Å². The van der Waals surface area contributed by atoms with E-state index in [4.69, 9.17) is 4.74 Å². The molecule has 4 heteroatoms. The van der Waals surface area contributed by atoms with Crippen LogP contribution in [0.1, 0.15) is 39.0 Å². The number of nitrogens with one attached hydrogen (secondary N) is 1. The van der Waals surface area contributed by atoms with E-state index in [2.05, 4.69) is 17.1 Å². The van der Waals surface area contributed by atoms with Crippen LogP contribution in [-0.2, 0) is 9.53 Å². The molecule has 2 heterocycles. The molecule has 4 atom stereocenters. The highest BCUT2D eigenvalue weighted by Gasteiger charge is 2.44. The van der Waals surface area contributed by atoms with Crippen molar-refractivity contribution in [3.8, 4) is 0 Å². The molecule has 1 aliphatic carbocycles. The Hall–Kier alpha value is -0.610. The summed E-state index contributed by atoms with van der Waals surface area (Å²) in [6.07, 6.45) is 6.07. The second kappa shape index (κ2) is 5.17. The van der Waals surface area contributed by atoms with E-state index < -0.39 is 0 Å². The second-order valence-corrected chi connectivity index (χ2v) is 6.01. The monoisotopic (exact) mass is 252 g/mol. The summed E-state index contributed by atoms with van der Waals surface area (Å²) in [5.41, 5.74) is 0. The molecule has 3 aliphatic rings. The van der Waals surface area contributed by atoms with Gasteiger partial charge in [0.2, 0.25) is 0 Å². The lowest BCUT2D eigenvalue weighted by molar-refractivity contribution is -0.148. The molecule has 2 aliphatic heterocycles. The third kappa shape index (κ3) is 2.16. The van der Waals surface area contributed by atoms with Gasteiger partial charge in [0, 0.05) is 25.2 Å². The molecule has 3 rings (SSSR count). The maximum atomic E-state index is 12.6. The van der Waals surface area contributed by atoms with E-state index in [9.17, 15) is 4.79 Å². The zero-order chi connectivity index (χ0) is 12.5. The van der Waals surface area contributed by atoms with Crippen LogP contribution in [0, 0.1) is 5.92 Å². The molecule has 0 bridgehead atoms. The molecule has 3 fully saturated rings. The summed E-state index contributed by atoms with van der Waals surface area (Å²) in [6, 6.07) is 0.892. The summed E-state index contributed by atoms with van der Waals surface area (Å²) >= 11 is 0. The van der Waals surface area contributed by atoms with Gasteiger partial charge in [0.15, 0.2) is 0 Å². The van der Waals surface area contributed by atoms with Gasteiger partial charge < -0.3 is 15.0 Å². The normalized spacial score (nSPS) is 40.6. The Morgan fingerprint density at radius 1 is 1.33 bits per heavy atom. The highest BCUT2D eigenvalue weighted by Crippen LogP contribution is 2.39. The van der Waals surface area contributed by atoms with Crippen LogP contribution in [0.15, 0.2) is 0 Å². The summed E-state index contributed by atoms with van der Waals surface area (Å²) in [5, 5.41) is 3.25. The van der Waals surface area contributed by atoms with E-state index >= 15 is 0 Å². The smallest absolute Gasteiger partial charge is 0.253 e. The Morgan fingerprint density at radius 3 is 2.94 bits per heavy atom. The molecule has 4 nitrogen and oxygen atoms in total. The van der Waals surface area contributed by atoms with Gasteiger partial charge in [-0.2, -0.15) is 0 Å². The Labute approximate surface area is 109 Å². The molecular formula is C14H24N2O2. The van der Waals surface area contributed by atoms with Gasteiger partial charge in [-0.05, 0) is 32.1 Å². The van der Waals surface area contributed by atoms with E-state index in [-0.39, 0.29) is 12.0 Å². The fourth-order valence-corrected chi connectivity index (χ4v) is 3.98. The van der Waals surface area contributed by atoms with E-state index in [1.54, 1.807) is 0 Å². The zero-order valence-corrected chi connectivity index (χ0v) is 11.2. The fraction of sp³-hybridized carbons (Fsp3) is 0.929. The number of morpholine rings is 1. The summed E-state index contributed by atoms with van der Waals surface area (Å²) < 4.78 is 5.63. The van der Waals surface area contributed by atoms with Crippen LogP contribution < -0.4 is 5.32 Å². The molecular weight excluding hydrogens is 228 g/mol. The first-order valence-electron chi connectivity index (χ1n) is 7.42. The van der Waals surface area contributed by atoms with Gasteiger partial charge in [0.1, 0.15) is 6.10 Å². The zero-order valence-electron chi connectivity index (χ0n) is 11.2. The standard InChI is InChI=1S/C14H24N2O2/c1-10-8-11-4-2-3-5-12(11)16(10)14(17)13-9-15-6-7-18-13/h10-13,15H,2-9H2,1H3.